The van der Waals surface area contributed by atoms with Gasteiger partial charge in [0.1, 0.15) is 0 Å². The molecule has 1 aliphatic rings. The number of rotatable bonds is 10. The van der Waals surface area contributed by atoms with Crippen molar-refractivity contribution in [2.45, 2.75) is 31.8 Å². The molecule has 3 aromatic carbocycles. The second-order valence-electron chi connectivity index (χ2n) is 9.79. The smallest absolute Gasteiger partial charge is 0.338 e. The van der Waals surface area contributed by atoms with Gasteiger partial charge in [-0.3, -0.25) is 0 Å². The van der Waals surface area contributed by atoms with Gasteiger partial charge in [0, 0.05) is 31.7 Å². The summed E-state index contributed by atoms with van der Waals surface area (Å²) in [5.41, 5.74) is 5.38. The first-order valence-electron chi connectivity index (χ1n) is 12.9. The quantitative estimate of drug-likeness (QED) is 0.345. The molecular weight excluding hydrogens is 448 g/mol. The highest BCUT2D eigenvalue weighted by atomic mass is 16.5. The van der Waals surface area contributed by atoms with Gasteiger partial charge < -0.3 is 19.3 Å². The molecule has 5 heteroatoms. The second kappa shape index (κ2) is 12.2. The second-order valence-corrected chi connectivity index (χ2v) is 9.79. The van der Waals surface area contributed by atoms with E-state index in [9.17, 15) is 4.79 Å². The van der Waals surface area contributed by atoms with Gasteiger partial charge in [-0.15, -0.1) is 0 Å². The third-order valence-corrected chi connectivity index (χ3v) is 6.98. The van der Waals surface area contributed by atoms with E-state index in [0.717, 1.165) is 51.2 Å². The number of carbonyl (C=O) groups excluding carboxylic acids is 1. The van der Waals surface area contributed by atoms with E-state index in [1.54, 1.807) is 0 Å². The van der Waals surface area contributed by atoms with Crippen LogP contribution in [0.25, 0.3) is 11.1 Å². The van der Waals surface area contributed by atoms with Crippen LogP contribution in [0.5, 0.6) is 0 Å². The van der Waals surface area contributed by atoms with E-state index >= 15 is 0 Å². The normalized spacial score (nSPS) is 15.2. The Morgan fingerprint density at radius 3 is 2.25 bits per heavy atom. The Morgan fingerprint density at radius 2 is 1.58 bits per heavy atom. The zero-order valence-corrected chi connectivity index (χ0v) is 21.8. The van der Waals surface area contributed by atoms with Crippen molar-refractivity contribution in [1.82, 2.24) is 4.90 Å². The molecule has 1 heterocycles. The highest BCUT2D eigenvalue weighted by Gasteiger charge is 2.36. The lowest BCUT2D eigenvalue weighted by Gasteiger charge is -2.43. The van der Waals surface area contributed by atoms with Gasteiger partial charge in [0.15, 0.2) is 0 Å². The number of anilines is 1. The summed E-state index contributed by atoms with van der Waals surface area (Å²) in [5.74, 6) is -0.270. The molecule has 0 spiro atoms. The first-order chi connectivity index (χ1) is 17.5. The number of benzene rings is 3. The van der Waals surface area contributed by atoms with Crippen LogP contribution in [0, 0.1) is 0 Å². The van der Waals surface area contributed by atoms with Crippen molar-refractivity contribution in [3.63, 3.8) is 0 Å². The Bertz CT molecular complexity index is 1100. The Balaban J connectivity index is 1.51. The minimum atomic E-state index is -0.270. The van der Waals surface area contributed by atoms with Crippen LogP contribution in [0.4, 0.5) is 5.69 Å². The molecule has 0 radical (unpaired) electrons. The van der Waals surface area contributed by atoms with Crippen LogP contribution in [0.15, 0.2) is 78.9 Å². The molecular formula is C31H38N2O3. The first kappa shape index (κ1) is 25.9. The Morgan fingerprint density at radius 1 is 0.917 bits per heavy atom. The minimum Gasteiger partial charge on any atom is -0.462 e. The van der Waals surface area contributed by atoms with Crippen molar-refractivity contribution < 1.29 is 14.3 Å². The van der Waals surface area contributed by atoms with E-state index in [-0.39, 0.29) is 11.6 Å². The standard InChI is InChI=1S/C31H38N2O3/c1-4-35-30(34)26-14-16-28(17-15-26)33-20-18-31(19-21-33,36-23-22-32(2)3)24-27-12-8-9-13-29(27)25-10-6-5-7-11-25/h5-17H,4,18-24H2,1-3H3. The van der Waals surface area contributed by atoms with Crippen molar-refractivity contribution in [2.24, 2.45) is 0 Å². The monoisotopic (exact) mass is 486 g/mol. The lowest BCUT2D eigenvalue weighted by atomic mass is 9.82. The van der Waals surface area contributed by atoms with Gasteiger partial charge >= 0.3 is 5.97 Å². The van der Waals surface area contributed by atoms with E-state index in [2.05, 4.69) is 78.5 Å². The third kappa shape index (κ3) is 6.54. The van der Waals surface area contributed by atoms with Crippen molar-refractivity contribution in [2.75, 3.05) is 51.8 Å². The van der Waals surface area contributed by atoms with E-state index in [1.807, 2.05) is 31.2 Å². The van der Waals surface area contributed by atoms with E-state index in [1.165, 1.54) is 16.7 Å². The summed E-state index contributed by atoms with van der Waals surface area (Å²) in [4.78, 5) is 16.6. The van der Waals surface area contributed by atoms with Gasteiger partial charge in [-0.25, -0.2) is 4.79 Å². The van der Waals surface area contributed by atoms with E-state index in [4.69, 9.17) is 9.47 Å². The average molecular weight is 487 g/mol. The molecule has 0 saturated carbocycles. The molecule has 0 bridgehead atoms. The molecule has 0 unspecified atom stereocenters. The topological polar surface area (TPSA) is 42.0 Å². The summed E-state index contributed by atoms with van der Waals surface area (Å²) in [6.45, 7) is 5.65. The summed E-state index contributed by atoms with van der Waals surface area (Å²) in [7, 11) is 4.17. The number of hydrogen-bond acceptors (Lipinski definition) is 5. The highest BCUT2D eigenvalue weighted by Crippen LogP contribution is 2.35. The summed E-state index contributed by atoms with van der Waals surface area (Å²) >= 11 is 0. The minimum absolute atomic E-state index is 0.206. The molecule has 0 N–H and O–H groups in total. The lowest BCUT2D eigenvalue weighted by Crippen LogP contribution is -2.48. The zero-order valence-electron chi connectivity index (χ0n) is 21.8. The SMILES string of the molecule is CCOC(=O)c1ccc(N2CCC(Cc3ccccc3-c3ccccc3)(OCCN(C)C)CC2)cc1. The summed E-state index contributed by atoms with van der Waals surface area (Å²) < 4.78 is 11.8. The number of carbonyl (C=O) groups is 1. The lowest BCUT2D eigenvalue weighted by molar-refractivity contribution is -0.0650. The number of piperidine rings is 1. The van der Waals surface area contributed by atoms with Crippen molar-refractivity contribution >= 4 is 11.7 Å². The first-order valence-corrected chi connectivity index (χ1v) is 12.9. The molecule has 190 valence electrons. The number of nitrogens with zero attached hydrogens (tertiary/aromatic N) is 2. The molecule has 0 aromatic heterocycles. The van der Waals surface area contributed by atoms with Crippen LogP contribution >= 0.6 is 0 Å². The predicted molar refractivity (Wildman–Crippen MR) is 147 cm³/mol. The van der Waals surface area contributed by atoms with Crippen molar-refractivity contribution in [3.8, 4) is 11.1 Å². The van der Waals surface area contributed by atoms with E-state index < -0.39 is 0 Å². The van der Waals surface area contributed by atoms with Gasteiger partial charge in [0.05, 0.1) is 24.4 Å². The summed E-state index contributed by atoms with van der Waals surface area (Å²) in [5, 5.41) is 0. The molecule has 3 aromatic rings. The Labute approximate surface area is 215 Å². The number of likely N-dealkylation sites (N-methyl/N-ethyl adjacent to an activating group) is 1. The third-order valence-electron chi connectivity index (χ3n) is 6.98. The maximum atomic E-state index is 12.0. The Hall–Kier alpha value is -3.15. The largest absolute Gasteiger partial charge is 0.462 e. The molecule has 1 aliphatic heterocycles. The fourth-order valence-electron chi connectivity index (χ4n) is 4.93. The molecule has 0 amide bonds. The van der Waals surface area contributed by atoms with Crippen LogP contribution in [0.1, 0.15) is 35.7 Å². The molecule has 1 saturated heterocycles. The zero-order chi connectivity index (χ0) is 25.4. The molecule has 4 rings (SSSR count). The van der Waals surface area contributed by atoms with Crippen LogP contribution in [-0.4, -0.2) is 63.4 Å². The summed E-state index contributed by atoms with van der Waals surface area (Å²) in [6.07, 6.45) is 2.79. The molecule has 0 atom stereocenters. The molecule has 36 heavy (non-hydrogen) atoms. The van der Waals surface area contributed by atoms with Gasteiger partial charge in [-0.1, -0.05) is 54.6 Å². The van der Waals surface area contributed by atoms with Gasteiger partial charge in [0.2, 0.25) is 0 Å². The molecule has 1 fully saturated rings. The van der Waals surface area contributed by atoms with Crippen LogP contribution in [-0.2, 0) is 15.9 Å². The predicted octanol–water partition coefficient (Wildman–Crippen LogP) is 5.69. The summed E-state index contributed by atoms with van der Waals surface area (Å²) in [6, 6.07) is 27.1. The fourth-order valence-corrected chi connectivity index (χ4v) is 4.93. The van der Waals surface area contributed by atoms with Gasteiger partial charge in [0.25, 0.3) is 0 Å². The highest BCUT2D eigenvalue weighted by molar-refractivity contribution is 5.89. The van der Waals surface area contributed by atoms with Gasteiger partial charge in [-0.2, -0.15) is 0 Å². The van der Waals surface area contributed by atoms with E-state index in [0.29, 0.717) is 12.2 Å². The molecule has 5 nitrogen and oxygen atoms in total. The number of hydrogen-bond donors (Lipinski definition) is 0. The van der Waals surface area contributed by atoms with Crippen LogP contribution in [0.3, 0.4) is 0 Å². The van der Waals surface area contributed by atoms with Crippen LogP contribution < -0.4 is 4.90 Å². The number of ether oxygens (including phenoxy) is 2. The molecule has 0 aliphatic carbocycles. The maximum absolute atomic E-state index is 12.0. The van der Waals surface area contributed by atoms with Crippen molar-refractivity contribution in [1.29, 1.82) is 0 Å². The maximum Gasteiger partial charge on any atom is 0.338 e. The van der Waals surface area contributed by atoms with Crippen molar-refractivity contribution in [3.05, 3.63) is 90.0 Å². The Kier molecular flexibility index (Phi) is 8.79. The van der Waals surface area contributed by atoms with Gasteiger partial charge in [-0.05, 0) is 74.8 Å². The fraction of sp³-hybridized carbons (Fsp3) is 0.387. The number of esters is 1. The average Bonchev–Trinajstić information content (AvgIpc) is 2.90. The van der Waals surface area contributed by atoms with Crippen LogP contribution in [0.2, 0.25) is 0 Å².